The SMILES string of the molecule is O=C(CCN1C(=O)CCc2ccccc21)N1CCCC(CO)C1. The zero-order valence-corrected chi connectivity index (χ0v) is 13.4. The zero-order valence-electron chi connectivity index (χ0n) is 13.4. The Bertz CT molecular complexity index is 587. The highest BCUT2D eigenvalue weighted by Gasteiger charge is 2.26. The van der Waals surface area contributed by atoms with Crippen LogP contribution < -0.4 is 4.90 Å². The van der Waals surface area contributed by atoms with E-state index in [-0.39, 0.29) is 24.3 Å². The highest BCUT2D eigenvalue weighted by Crippen LogP contribution is 2.27. The van der Waals surface area contributed by atoms with Crippen LogP contribution in [0.15, 0.2) is 24.3 Å². The Morgan fingerprint density at radius 2 is 2.09 bits per heavy atom. The number of carbonyl (C=O) groups is 2. The van der Waals surface area contributed by atoms with Crippen molar-refractivity contribution in [3.63, 3.8) is 0 Å². The van der Waals surface area contributed by atoms with Gasteiger partial charge in [-0.15, -0.1) is 0 Å². The first-order valence-corrected chi connectivity index (χ1v) is 8.46. The smallest absolute Gasteiger partial charge is 0.227 e. The van der Waals surface area contributed by atoms with Crippen molar-refractivity contribution in [2.75, 3.05) is 31.1 Å². The molecule has 0 aromatic heterocycles. The molecule has 2 aliphatic heterocycles. The van der Waals surface area contributed by atoms with E-state index in [0.717, 1.165) is 31.5 Å². The second kappa shape index (κ2) is 7.13. The summed E-state index contributed by atoms with van der Waals surface area (Å²) in [7, 11) is 0. The fourth-order valence-electron chi connectivity index (χ4n) is 3.55. The second-order valence-corrected chi connectivity index (χ2v) is 6.45. The van der Waals surface area contributed by atoms with E-state index in [1.165, 1.54) is 5.56 Å². The molecule has 1 atom stereocenters. The number of nitrogens with zero attached hydrogens (tertiary/aromatic N) is 2. The van der Waals surface area contributed by atoms with Gasteiger partial charge in [0, 0.05) is 44.8 Å². The van der Waals surface area contributed by atoms with Gasteiger partial charge >= 0.3 is 0 Å². The van der Waals surface area contributed by atoms with Crippen LogP contribution in [0.2, 0.25) is 0 Å². The molecule has 1 aromatic rings. The Balaban J connectivity index is 1.61. The minimum absolute atomic E-state index is 0.0824. The fourth-order valence-corrected chi connectivity index (χ4v) is 3.55. The average molecular weight is 316 g/mol. The van der Waals surface area contributed by atoms with Gasteiger partial charge in [0.2, 0.25) is 11.8 Å². The number of aliphatic hydroxyl groups excluding tert-OH is 1. The number of hydrogen-bond acceptors (Lipinski definition) is 3. The third-order valence-corrected chi connectivity index (χ3v) is 4.87. The van der Waals surface area contributed by atoms with Crippen LogP contribution in [0.3, 0.4) is 0 Å². The van der Waals surface area contributed by atoms with Crippen LogP contribution in [0.5, 0.6) is 0 Å². The van der Waals surface area contributed by atoms with Crippen LogP contribution in [0.1, 0.15) is 31.2 Å². The van der Waals surface area contributed by atoms with Gasteiger partial charge in [0.1, 0.15) is 0 Å². The molecule has 1 aromatic carbocycles. The summed E-state index contributed by atoms with van der Waals surface area (Å²) in [4.78, 5) is 28.2. The molecule has 2 amide bonds. The maximum Gasteiger partial charge on any atom is 0.227 e. The number of fused-ring (bicyclic) bond motifs is 1. The monoisotopic (exact) mass is 316 g/mol. The summed E-state index contributed by atoms with van der Waals surface area (Å²) in [5.41, 5.74) is 2.13. The summed E-state index contributed by atoms with van der Waals surface area (Å²) in [6, 6.07) is 7.93. The number of hydrogen-bond donors (Lipinski definition) is 1. The van der Waals surface area contributed by atoms with Crippen molar-refractivity contribution >= 4 is 17.5 Å². The molecular formula is C18H24N2O3. The molecule has 2 aliphatic rings. The Kier molecular flexibility index (Phi) is 4.96. The van der Waals surface area contributed by atoms with Crippen LogP contribution in [0, 0.1) is 5.92 Å². The number of likely N-dealkylation sites (tertiary alicyclic amines) is 1. The molecule has 3 rings (SSSR count). The number of piperidine rings is 1. The molecule has 23 heavy (non-hydrogen) atoms. The molecule has 2 heterocycles. The van der Waals surface area contributed by atoms with E-state index in [9.17, 15) is 14.7 Å². The molecule has 5 heteroatoms. The number of amides is 2. The predicted octanol–water partition coefficient (Wildman–Crippen LogP) is 1.59. The maximum atomic E-state index is 12.4. The number of aliphatic hydroxyl groups is 1. The van der Waals surface area contributed by atoms with Crippen LogP contribution >= 0.6 is 0 Å². The molecule has 1 saturated heterocycles. The van der Waals surface area contributed by atoms with E-state index in [2.05, 4.69) is 0 Å². The molecule has 1 N–H and O–H groups in total. The zero-order chi connectivity index (χ0) is 16.2. The standard InChI is InChI=1S/C18H24N2O3/c21-13-14-4-3-10-19(12-14)17(22)9-11-20-16-6-2-1-5-15(16)7-8-18(20)23/h1-2,5-6,14,21H,3-4,7-13H2. The third-order valence-electron chi connectivity index (χ3n) is 4.87. The Morgan fingerprint density at radius 3 is 2.91 bits per heavy atom. The van der Waals surface area contributed by atoms with Crippen molar-refractivity contribution in [2.24, 2.45) is 5.92 Å². The fraction of sp³-hybridized carbons (Fsp3) is 0.556. The molecule has 124 valence electrons. The van der Waals surface area contributed by atoms with Gasteiger partial charge in [-0.25, -0.2) is 0 Å². The summed E-state index contributed by atoms with van der Waals surface area (Å²) in [6.45, 7) is 1.98. The van der Waals surface area contributed by atoms with Gasteiger partial charge in [0.25, 0.3) is 0 Å². The normalized spacial score (nSPS) is 21.3. The molecule has 0 radical (unpaired) electrons. The minimum Gasteiger partial charge on any atom is -0.396 e. The van der Waals surface area contributed by atoms with Crippen molar-refractivity contribution in [3.05, 3.63) is 29.8 Å². The van der Waals surface area contributed by atoms with E-state index in [0.29, 0.717) is 25.9 Å². The van der Waals surface area contributed by atoms with Gasteiger partial charge in [-0.2, -0.15) is 0 Å². The molecule has 1 unspecified atom stereocenters. The van der Waals surface area contributed by atoms with Crippen molar-refractivity contribution in [1.82, 2.24) is 4.90 Å². The highest BCUT2D eigenvalue weighted by molar-refractivity contribution is 5.97. The molecule has 0 bridgehead atoms. The lowest BCUT2D eigenvalue weighted by Crippen LogP contribution is -2.43. The van der Waals surface area contributed by atoms with E-state index in [4.69, 9.17) is 0 Å². The van der Waals surface area contributed by atoms with Crippen LogP contribution in [-0.4, -0.2) is 48.1 Å². The molecule has 1 fully saturated rings. The second-order valence-electron chi connectivity index (χ2n) is 6.45. The van der Waals surface area contributed by atoms with E-state index in [1.807, 2.05) is 29.2 Å². The minimum atomic E-state index is 0.0824. The topological polar surface area (TPSA) is 60.9 Å². The number of para-hydroxylation sites is 1. The number of anilines is 1. The number of aryl methyl sites for hydroxylation is 1. The summed E-state index contributed by atoms with van der Waals surface area (Å²) >= 11 is 0. The quantitative estimate of drug-likeness (QED) is 0.917. The number of carbonyl (C=O) groups excluding carboxylic acids is 2. The largest absolute Gasteiger partial charge is 0.396 e. The van der Waals surface area contributed by atoms with E-state index < -0.39 is 0 Å². The number of benzene rings is 1. The van der Waals surface area contributed by atoms with E-state index >= 15 is 0 Å². The van der Waals surface area contributed by atoms with Crippen molar-refractivity contribution in [2.45, 2.75) is 32.1 Å². The lowest BCUT2D eigenvalue weighted by Gasteiger charge is -2.33. The Labute approximate surface area is 136 Å². The van der Waals surface area contributed by atoms with Gasteiger partial charge in [0.15, 0.2) is 0 Å². The molecular weight excluding hydrogens is 292 g/mol. The summed E-state index contributed by atoms with van der Waals surface area (Å²) in [5.74, 6) is 0.382. The molecule has 0 saturated carbocycles. The van der Waals surface area contributed by atoms with Crippen LogP contribution in [0.4, 0.5) is 5.69 Å². The molecule has 0 aliphatic carbocycles. The lowest BCUT2D eigenvalue weighted by atomic mass is 9.98. The lowest BCUT2D eigenvalue weighted by molar-refractivity contribution is -0.133. The Morgan fingerprint density at radius 1 is 1.26 bits per heavy atom. The molecule has 0 spiro atoms. The van der Waals surface area contributed by atoms with Crippen LogP contribution in [-0.2, 0) is 16.0 Å². The van der Waals surface area contributed by atoms with Gasteiger partial charge in [0.05, 0.1) is 0 Å². The third kappa shape index (κ3) is 3.55. The van der Waals surface area contributed by atoms with Gasteiger partial charge < -0.3 is 14.9 Å². The number of rotatable bonds is 4. The first-order chi connectivity index (χ1) is 11.2. The van der Waals surface area contributed by atoms with Gasteiger partial charge in [-0.1, -0.05) is 18.2 Å². The highest BCUT2D eigenvalue weighted by atomic mass is 16.3. The predicted molar refractivity (Wildman–Crippen MR) is 88.1 cm³/mol. The van der Waals surface area contributed by atoms with Crippen molar-refractivity contribution < 1.29 is 14.7 Å². The first-order valence-electron chi connectivity index (χ1n) is 8.46. The van der Waals surface area contributed by atoms with Gasteiger partial charge in [-0.05, 0) is 36.8 Å². The first kappa shape index (κ1) is 16.0. The Hall–Kier alpha value is -1.88. The summed E-state index contributed by atoms with van der Waals surface area (Å²) in [5, 5.41) is 9.28. The van der Waals surface area contributed by atoms with Crippen molar-refractivity contribution in [1.29, 1.82) is 0 Å². The van der Waals surface area contributed by atoms with Gasteiger partial charge in [-0.3, -0.25) is 9.59 Å². The van der Waals surface area contributed by atoms with Crippen molar-refractivity contribution in [3.8, 4) is 0 Å². The van der Waals surface area contributed by atoms with E-state index in [1.54, 1.807) is 4.90 Å². The summed E-state index contributed by atoms with van der Waals surface area (Å²) < 4.78 is 0. The van der Waals surface area contributed by atoms with Crippen LogP contribution in [0.25, 0.3) is 0 Å². The summed E-state index contributed by atoms with van der Waals surface area (Å²) in [6.07, 6.45) is 3.57. The molecule has 5 nitrogen and oxygen atoms in total. The average Bonchev–Trinajstić information content (AvgIpc) is 2.60. The maximum absolute atomic E-state index is 12.4.